The van der Waals surface area contributed by atoms with Gasteiger partial charge in [0.25, 0.3) is 0 Å². The molecule has 0 aliphatic heterocycles. The van der Waals surface area contributed by atoms with Gasteiger partial charge in [-0.1, -0.05) is 0 Å². The van der Waals surface area contributed by atoms with Crippen molar-refractivity contribution in [1.82, 2.24) is 0 Å². The van der Waals surface area contributed by atoms with Crippen molar-refractivity contribution in [3.05, 3.63) is 0 Å². The summed E-state index contributed by atoms with van der Waals surface area (Å²) in [7, 11) is -1.28. The Kier molecular flexibility index (Phi) is 28.1. The van der Waals surface area contributed by atoms with Crippen LogP contribution in [0.3, 0.4) is 0 Å². The minimum atomic E-state index is -0.639. The van der Waals surface area contributed by atoms with Crippen molar-refractivity contribution in [3.63, 3.8) is 0 Å². The Hall–Kier alpha value is 1.59. The quantitative estimate of drug-likeness (QED) is 0.404. The molecule has 6 heteroatoms. The lowest BCUT2D eigenvalue weighted by atomic mass is 27.8. The normalized spacial score (nSPS) is 6.00. The summed E-state index contributed by atoms with van der Waals surface area (Å²) in [6.45, 7) is 0. The van der Waals surface area contributed by atoms with Gasteiger partial charge < -0.3 is 0 Å². The highest BCUT2D eigenvalue weighted by molar-refractivity contribution is 7.22. The van der Waals surface area contributed by atoms with Crippen molar-refractivity contribution in [2.75, 3.05) is 0 Å². The molecule has 0 atom stereocenters. The Balaban J connectivity index is 0. The fourth-order valence-electron chi connectivity index (χ4n) is 0. The summed E-state index contributed by atoms with van der Waals surface area (Å²) in [5.41, 5.74) is 0. The molecule has 0 bridgehead atoms. The maximum absolute atomic E-state index is 4.90. The van der Waals surface area contributed by atoms with Gasteiger partial charge in [-0.2, -0.15) is 44.3 Å². The van der Waals surface area contributed by atoms with Gasteiger partial charge in [-0.15, -0.1) is 0 Å². The molecule has 40 valence electrons. The Morgan fingerprint density at radius 3 is 0.667 bits per heavy atom. The molecule has 0 aromatic rings. The fourth-order valence-corrected chi connectivity index (χ4v) is 0. The van der Waals surface area contributed by atoms with Crippen LogP contribution in [0.2, 0.25) is 0 Å². The van der Waals surface area contributed by atoms with Gasteiger partial charge in [-0.05, 0) is 0 Å². The molecule has 0 fully saturated rings. The minimum Gasteiger partial charge on any atom is -0.155 e. The van der Waals surface area contributed by atoms with Gasteiger partial charge >= 0.3 is 0 Å². The van der Waals surface area contributed by atoms with Gasteiger partial charge in [0.15, 0.2) is 0 Å². The maximum atomic E-state index is 4.90. The molecule has 0 aromatic heterocycles. The third-order valence-corrected chi connectivity index (χ3v) is 0. The molecule has 0 aliphatic carbocycles. The van der Waals surface area contributed by atoms with Crippen LogP contribution in [0.15, 0.2) is 0 Å². The monoisotopic (exact) mass is 200 g/mol. The first-order valence-electron chi connectivity index (χ1n) is 1.07. The topological polar surface area (TPSA) is 0 Å². The Morgan fingerprint density at radius 1 is 0.667 bits per heavy atom. The summed E-state index contributed by atoms with van der Waals surface area (Å²) in [5, 5.41) is 0. The summed E-state index contributed by atoms with van der Waals surface area (Å²) >= 11 is 19.6. The molecular formula is H4Cl4Si2. The van der Waals surface area contributed by atoms with Gasteiger partial charge in [0.05, 0.1) is 0 Å². The van der Waals surface area contributed by atoms with Crippen molar-refractivity contribution in [2.24, 2.45) is 0 Å². The molecule has 0 amide bonds. The second-order valence-corrected chi connectivity index (χ2v) is 5.45. The van der Waals surface area contributed by atoms with Crippen molar-refractivity contribution < 1.29 is 0 Å². The predicted octanol–water partition coefficient (Wildman–Crippen LogP) is 0.926. The third-order valence-electron chi connectivity index (χ3n) is 0. The first-order valence-corrected chi connectivity index (χ1v) is 9.62. The van der Waals surface area contributed by atoms with E-state index in [0.717, 1.165) is 0 Å². The molecule has 0 heterocycles. The smallest absolute Gasteiger partial charge is 0.155 e. The molecule has 0 nitrogen and oxygen atoms in total. The third kappa shape index (κ3) is 46.5. The molecule has 0 unspecified atom stereocenters. The highest BCUT2D eigenvalue weighted by Crippen LogP contribution is 1.67. The van der Waals surface area contributed by atoms with Crippen molar-refractivity contribution in [2.45, 2.75) is 0 Å². The van der Waals surface area contributed by atoms with Gasteiger partial charge in [0, 0.05) is 0 Å². The zero-order valence-electron chi connectivity index (χ0n) is 2.93. The summed E-state index contributed by atoms with van der Waals surface area (Å²) in [4.78, 5) is 0. The van der Waals surface area contributed by atoms with Crippen LogP contribution in [-0.2, 0) is 0 Å². The SMILES string of the molecule is Cl[SiH2]Cl.Cl[SiH2]Cl. The van der Waals surface area contributed by atoms with Crippen LogP contribution in [0, 0.1) is 0 Å². The van der Waals surface area contributed by atoms with E-state index in [4.69, 9.17) is 44.3 Å². The molecular weight excluding hydrogens is 198 g/mol. The van der Waals surface area contributed by atoms with E-state index in [1.54, 1.807) is 0 Å². The van der Waals surface area contributed by atoms with E-state index in [1.165, 1.54) is 0 Å². The van der Waals surface area contributed by atoms with E-state index in [2.05, 4.69) is 0 Å². The highest BCUT2D eigenvalue weighted by atomic mass is 35.7. The van der Waals surface area contributed by atoms with E-state index >= 15 is 0 Å². The number of rotatable bonds is 0. The minimum absolute atomic E-state index is 0.639. The van der Waals surface area contributed by atoms with Gasteiger partial charge in [0.2, 0.25) is 16.3 Å². The average molecular weight is 202 g/mol. The van der Waals surface area contributed by atoms with Crippen LogP contribution in [0.1, 0.15) is 0 Å². The van der Waals surface area contributed by atoms with E-state index in [1.807, 2.05) is 0 Å². The van der Waals surface area contributed by atoms with Crippen LogP contribution < -0.4 is 0 Å². The van der Waals surface area contributed by atoms with Crippen molar-refractivity contribution in [1.29, 1.82) is 0 Å². The van der Waals surface area contributed by atoms with Gasteiger partial charge in [-0.25, -0.2) is 0 Å². The molecule has 0 aliphatic rings. The maximum Gasteiger partial charge on any atom is 0.222 e. The van der Waals surface area contributed by atoms with E-state index in [9.17, 15) is 0 Å². The zero-order chi connectivity index (χ0) is 5.41. The van der Waals surface area contributed by atoms with Gasteiger partial charge in [0.1, 0.15) is 0 Å². The lowest BCUT2D eigenvalue weighted by molar-refractivity contribution is 4.39. The van der Waals surface area contributed by atoms with E-state index in [0.29, 0.717) is 0 Å². The summed E-state index contributed by atoms with van der Waals surface area (Å²) < 4.78 is 0. The zero-order valence-corrected chi connectivity index (χ0v) is 8.78. The van der Waals surface area contributed by atoms with Crippen LogP contribution in [0.25, 0.3) is 0 Å². The summed E-state index contributed by atoms with van der Waals surface area (Å²) in [6, 6.07) is 0. The Morgan fingerprint density at radius 2 is 0.667 bits per heavy atom. The fraction of sp³-hybridized carbons (Fsp3) is 0. The lowest BCUT2D eigenvalue weighted by Gasteiger charge is -1.39. The first-order chi connectivity index (χ1) is 2.83. The van der Waals surface area contributed by atoms with E-state index < -0.39 is 16.3 Å². The molecule has 0 aromatic carbocycles. The molecule has 0 radical (unpaired) electrons. The summed E-state index contributed by atoms with van der Waals surface area (Å²) in [5.74, 6) is 0. The van der Waals surface area contributed by atoms with Crippen molar-refractivity contribution in [3.8, 4) is 0 Å². The standard InChI is InChI=1S/2Cl2H2Si/c2*1-3-2/h2*3H2. The summed E-state index contributed by atoms with van der Waals surface area (Å²) in [6.07, 6.45) is 0. The van der Waals surface area contributed by atoms with Crippen molar-refractivity contribution >= 4 is 60.6 Å². The van der Waals surface area contributed by atoms with E-state index in [-0.39, 0.29) is 0 Å². The largest absolute Gasteiger partial charge is 0.222 e. The predicted molar refractivity (Wildman–Crippen MR) is 40.5 cm³/mol. The molecule has 6 heavy (non-hydrogen) atoms. The molecule has 0 saturated heterocycles. The lowest BCUT2D eigenvalue weighted by Crippen LogP contribution is -1.36. The molecule has 0 saturated carbocycles. The molecule has 0 rings (SSSR count). The van der Waals surface area contributed by atoms with Crippen LogP contribution in [-0.4, -0.2) is 16.3 Å². The average Bonchev–Trinajstić information content (AvgIpc) is 1.39. The first kappa shape index (κ1) is 10.6. The highest BCUT2D eigenvalue weighted by Gasteiger charge is 1.46. The second kappa shape index (κ2) is 16.0. The number of hydrogen-bond donors (Lipinski definition) is 0. The Bertz CT molecular complexity index is 7.51. The molecule has 0 spiro atoms. The van der Waals surface area contributed by atoms with Gasteiger partial charge in [-0.3, -0.25) is 0 Å². The van der Waals surface area contributed by atoms with Crippen LogP contribution >= 0.6 is 44.3 Å². The number of halogens is 4. The second-order valence-electron chi connectivity index (χ2n) is 0.202. The van der Waals surface area contributed by atoms with Crippen LogP contribution in [0.4, 0.5) is 0 Å². The Labute approximate surface area is 60.6 Å². The molecule has 0 N–H and O–H groups in total. The number of hydrogen-bond acceptors (Lipinski definition) is 0. The van der Waals surface area contributed by atoms with Crippen LogP contribution in [0.5, 0.6) is 0 Å².